The highest BCUT2D eigenvalue weighted by molar-refractivity contribution is 5.84. The summed E-state index contributed by atoms with van der Waals surface area (Å²) >= 11 is 0. The minimum atomic E-state index is -0.307. The van der Waals surface area contributed by atoms with Crippen molar-refractivity contribution in [3.05, 3.63) is 54.1 Å². The van der Waals surface area contributed by atoms with Gasteiger partial charge in [-0.2, -0.15) is 0 Å². The third kappa shape index (κ3) is 4.95. The predicted octanol–water partition coefficient (Wildman–Crippen LogP) is 2.85. The summed E-state index contributed by atoms with van der Waals surface area (Å²) in [5.41, 5.74) is 2.15. The number of methoxy groups -OCH3 is 2. The molecular formula is C22H29N3O3. The van der Waals surface area contributed by atoms with Crippen LogP contribution in [0, 0.1) is 0 Å². The van der Waals surface area contributed by atoms with Gasteiger partial charge in [-0.05, 0) is 24.6 Å². The largest absolute Gasteiger partial charge is 0.493 e. The number of carbonyl (C=O) groups is 1. The average molecular weight is 383 g/mol. The Balaban J connectivity index is 1.52. The molecule has 3 rings (SSSR count). The zero-order valence-electron chi connectivity index (χ0n) is 16.9. The molecule has 0 unspecified atom stereocenters. The Morgan fingerprint density at radius 2 is 1.68 bits per heavy atom. The first kappa shape index (κ1) is 20.0. The van der Waals surface area contributed by atoms with Crippen molar-refractivity contribution in [1.82, 2.24) is 9.80 Å². The van der Waals surface area contributed by atoms with Crippen LogP contribution in [0.15, 0.2) is 48.5 Å². The summed E-state index contributed by atoms with van der Waals surface area (Å²) in [6.45, 7) is 6.12. The first-order chi connectivity index (χ1) is 13.6. The second kappa shape index (κ2) is 9.46. The molecule has 6 nitrogen and oxygen atoms in total. The highest BCUT2D eigenvalue weighted by atomic mass is 16.5. The molecule has 1 saturated heterocycles. The van der Waals surface area contributed by atoms with Crippen LogP contribution in [0.4, 0.5) is 5.69 Å². The van der Waals surface area contributed by atoms with Gasteiger partial charge in [0.1, 0.15) is 6.04 Å². The Morgan fingerprint density at radius 1 is 1.00 bits per heavy atom. The van der Waals surface area contributed by atoms with Gasteiger partial charge < -0.3 is 19.7 Å². The second-order valence-electron chi connectivity index (χ2n) is 7.02. The molecule has 1 N–H and O–H groups in total. The zero-order valence-corrected chi connectivity index (χ0v) is 16.9. The van der Waals surface area contributed by atoms with Crippen molar-refractivity contribution >= 4 is 11.6 Å². The van der Waals surface area contributed by atoms with Crippen LogP contribution in [0.5, 0.6) is 11.5 Å². The van der Waals surface area contributed by atoms with Gasteiger partial charge in [0.2, 0.25) is 5.91 Å². The van der Waals surface area contributed by atoms with E-state index in [4.69, 9.17) is 9.47 Å². The van der Waals surface area contributed by atoms with Crippen LogP contribution in [-0.2, 0) is 11.3 Å². The van der Waals surface area contributed by atoms with Crippen molar-refractivity contribution in [1.29, 1.82) is 0 Å². The molecule has 2 aromatic rings. The Kier molecular flexibility index (Phi) is 6.76. The number of ether oxygens (including phenoxy) is 2. The maximum atomic E-state index is 12.8. The first-order valence-corrected chi connectivity index (χ1v) is 9.64. The summed E-state index contributed by atoms with van der Waals surface area (Å²) in [4.78, 5) is 17.2. The van der Waals surface area contributed by atoms with E-state index in [0.717, 1.165) is 38.4 Å². The summed E-state index contributed by atoms with van der Waals surface area (Å²) < 4.78 is 10.6. The molecule has 1 aliphatic rings. The molecule has 1 heterocycles. The molecular weight excluding hydrogens is 354 g/mol. The Morgan fingerprint density at radius 3 is 2.32 bits per heavy atom. The van der Waals surface area contributed by atoms with E-state index in [2.05, 4.69) is 34.5 Å². The standard InChI is InChI=1S/C22H29N3O3/c1-17(23-19-9-10-20(27-2)21(15-19)28-3)22(26)25-13-11-24(12-14-25)16-18-7-5-4-6-8-18/h4-10,15,17,23H,11-14,16H2,1-3H3/t17-/m1/s1. The molecule has 1 amide bonds. The summed E-state index contributed by atoms with van der Waals surface area (Å²) in [6.07, 6.45) is 0. The lowest BCUT2D eigenvalue weighted by Crippen LogP contribution is -2.51. The van der Waals surface area contributed by atoms with Crippen LogP contribution >= 0.6 is 0 Å². The smallest absolute Gasteiger partial charge is 0.244 e. The Labute approximate surface area is 167 Å². The fourth-order valence-corrected chi connectivity index (χ4v) is 3.48. The second-order valence-corrected chi connectivity index (χ2v) is 7.02. The molecule has 1 aliphatic heterocycles. The number of benzene rings is 2. The molecule has 28 heavy (non-hydrogen) atoms. The van der Waals surface area contributed by atoms with Crippen molar-refractivity contribution in [3.8, 4) is 11.5 Å². The number of rotatable bonds is 7. The maximum Gasteiger partial charge on any atom is 0.244 e. The van der Waals surface area contributed by atoms with Crippen LogP contribution in [0.2, 0.25) is 0 Å². The van der Waals surface area contributed by atoms with Gasteiger partial charge in [0.15, 0.2) is 11.5 Å². The number of amides is 1. The monoisotopic (exact) mass is 383 g/mol. The topological polar surface area (TPSA) is 54.0 Å². The van der Waals surface area contributed by atoms with Crippen LogP contribution in [-0.4, -0.2) is 62.1 Å². The van der Waals surface area contributed by atoms with Crippen molar-refractivity contribution in [2.75, 3.05) is 45.7 Å². The van der Waals surface area contributed by atoms with E-state index in [-0.39, 0.29) is 11.9 Å². The summed E-state index contributed by atoms with van der Waals surface area (Å²) in [7, 11) is 3.21. The van der Waals surface area contributed by atoms with Gasteiger partial charge in [-0.1, -0.05) is 30.3 Å². The maximum absolute atomic E-state index is 12.8. The Hall–Kier alpha value is -2.73. The molecule has 2 aromatic carbocycles. The highest BCUT2D eigenvalue weighted by Gasteiger charge is 2.25. The van der Waals surface area contributed by atoms with Crippen molar-refractivity contribution in [2.24, 2.45) is 0 Å². The molecule has 0 spiro atoms. The number of piperazine rings is 1. The van der Waals surface area contributed by atoms with E-state index in [1.54, 1.807) is 14.2 Å². The van der Waals surface area contributed by atoms with E-state index < -0.39 is 0 Å². The number of carbonyl (C=O) groups excluding carboxylic acids is 1. The molecule has 1 fully saturated rings. The van der Waals surface area contributed by atoms with Gasteiger partial charge >= 0.3 is 0 Å². The average Bonchev–Trinajstić information content (AvgIpc) is 2.74. The summed E-state index contributed by atoms with van der Waals surface area (Å²) in [6, 6.07) is 15.7. The van der Waals surface area contributed by atoms with Gasteiger partial charge in [0, 0.05) is 44.5 Å². The van der Waals surface area contributed by atoms with Crippen LogP contribution in [0.3, 0.4) is 0 Å². The minimum absolute atomic E-state index is 0.120. The van der Waals surface area contributed by atoms with E-state index in [9.17, 15) is 4.79 Å². The fraction of sp³-hybridized carbons (Fsp3) is 0.409. The van der Waals surface area contributed by atoms with Gasteiger partial charge in [-0.25, -0.2) is 0 Å². The van der Waals surface area contributed by atoms with Gasteiger partial charge in [0.05, 0.1) is 14.2 Å². The normalized spacial score (nSPS) is 15.8. The third-order valence-electron chi connectivity index (χ3n) is 5.07. The Bertz CT molecular complexity index is 774. The number of nitrogens with one attached hydrogen (secondary N) is 1. The van der Waals surface area contributed by atoms with E-state index >= 15 is 0 Å². The van der Waals surface area contributed by atoms with Crippen LogP contribution < -0.4 is 14.8 Å². The van der Waals surface area contributed by atoms with Gasteiger partial charge in [-0.15, -0.1) is 0 Å². The minimum Gasteiger partial charge on any atom is -0.493 e. The lowest BCUT2D eigenvalue weighted by molar-refractivity contribution is -0.133. The number of hydrogen-bond donors (Lipinski definition) is 1. The van der Waals surface area contributed by atoms with Crippen molar-refractivity contribution < 1.29 is 14.3 Å². The molecule has 0 saturated carbocycles. The van der Waals surface area contributed by atoms with E-state index in [0.29, 0.717) is 11.5 Å². The van der Waals surface area contributed by atoms with E-state index in [1.165, 1.54) is 5.56 Å². The lowest BCUT2D eigenvalue weighted by atomic mass is 10.2. The van der Waals surface area contributed by atoms with Crippen LogP contribution in [0.1, 0.15) is 12.5 Å². The third-order valence-corrected chi connectivity index (χ3v) is 5.07. The molecule has 6 heteroatoms. The number of nitrogens with zero attached hydrogens (tertiary/aromatic N) is 2. The van der Waals surface area contributed by atoms with Crippen molar-refractivity contribution in [2.45, 2.75) is 19.5 Å². The fourth-order valence-electron chi connectivity index (χ4n) is 3.48. The van der Waals surface area contributed by atoms with Gasteiger partial charge in [0.25, 0.3) is 0 Å². The van der Waals surface area contributed by atoms with Gasteiger partial charge in [-0.3, -0.25) is 9.69 Å². The summed E-state index contributed by atoms with van der Waals surface area (Å²) in [5.74, 6) is 1.43. The molecule has 0 radical (unpaired) electrons. The quantitative estimate of drug-likeness (QED) is 0.797. The predicted molar refractivity (Wildman–Crippen MR) is 111 cm³/mol. The number of hydrogen-bond acceptors (Lipinski definition) is 5. The zero-order chi connectivity index (χ0) is 19.9. The molecule has 0 aromatic heterocycles. The highest BCUT2D eigenvalue weighted by Crippen LogP contribution is 2.30. The van der Waals surface area contributed by atoms with Crippen molar-refractivity contribution in [3.63, 3.8) is 0 Å². The first-order valence-electron chi connectivity index (χ1n) is 9.64. The summed E-state index contributed by atoms with van der Waals surface area (Å²) in [5, 5.41) is 3.28. The molecule has 150 valence electrons. The SMILES string of the molecule is COc1ccc(N[C@H](C)C(=O)N2CCN(Cc3ccccc3)CC2)cc1OC. The molecule has 0 bridgehead atoms. The number of anilines is 1. The molecule has 0 aliphatic carbocycles. The lowest BCUT2D eigenvalue weighted by Gasteiger charge is -2.36. The van der Waals surface area contributed by atoms with E-state index in [1.807, 2.05) is 36.1 Å². The molecule has 1 atom stereocenters. The van der Waals surface area contributed by atoms with Crippen LogP contribution in [0.25, 0.3) is 0 Å².